The number of aromatic amines is 1. The van der Waals surface area contributed by atoms with E-state index in [9.17, 15) is 4.79 Å². The Morgan fingerprint density at radius 3 is 3.00 bits per heavy atom. The first kappa shape index (κ1) is 8.56. The molecular weight excluding hydrogens is 168 g/mol. The standard InChI is InChI=1S/C9H14N2O2/c1-6(2)11-4-3-7-8(5-11)13-9(12)10-7/h6H,3-5H2,1-2H3,(H,10,12). The third-order valence-corrected chi connectivity index (χ3v) is 2.53. The van der Waals surface area contributed by atoms with Gasteiger partial charge in [0.25, 0.3) is 0 Å². The Morgan fingerprint density at radius 1 is 1.54 bits per heavy atom. The van der Waals surface area contributed by atoms with Crippen molar-refractivity contribution < 1.29 is 4.42 Å². The van der Waals surface area contributed by atoms with E-state index in [4.69, 9.17) is 4.42 Å². The van der Waals surface area contributed by atoms with E-state index in [0.29, 0.717) is 6.04 Å². The maximum Gasteiger partial charge on any atom is 0.416 e. The lowest BCUT2D eigenvalue weighted by molar-refractivity contribution is 0.183. The molecule has 0 bridgehead atoms. The topological polar surface area (TPSA) is 49.2 Å². The highest BCUT2D eigenvalue weighted by atomic mass is 16.4. The van der Waals surface area contributed by atoms with Gasteiger partial charge in [-0.05, 0) is 13.8 Å². The first-order chi connectivity index (χ1) is 6.16. The van der Waals surface area contributed by atoms with Gasteiger partial charge >= 0.3 is 5.76 Å². The summed E-state index contributed by atoms with van der Waals surface area (Å²) in [5.41, 5.74) is 0.974. The largest absolute Gasteiger partial charge is 0.416 e. The van der Waals surface area contributed by atoms with E-state index in [1.165, 1.54) is 0 Å². The molecular formula is C9H14N2O2. The van der Waals surface area contributed by atoms with Gasteiger partial charge in [-0.1, -0.05) is 0 Å². The van der Waals surface area contributed by atoms with E-state index in [-0.39, 0.29) is 5.76 Å². The summed E-state index contributed by atoms with van der Waals surface area (Å²) in [5.74, 6) is 0.487. The molecule has 0 aromatic carbocycles. The molecule has 1 aliphatic heterocycles. The molecule has 1 N–H and O–H groups in total. The summed E-state index contributed by atoms with van der Waals surface area (Å²) in [5, 5.41) is 0. The molecule has 0 spiro atoms. The van der Waals surface area contributed by atoms with Crippen molar-refractivity contribution in [3.63, 3.8) is 0 Å². The van der Waals surface area contributed by atoms with E-state index < -0.39 is 0 Å². The van der Waals surface area contributed by atoms with Crippen LogP contribution in [-0.2, 0) is 13.0 Å². The van der Waals surface area contributed by atoms with Crippen molar-refractivity contribution >= 4 is 0 Å². The van der Waals surface area contributed by atoms with Crippen molar-refractivity contribution in [1.82, 2.24) is 9.88 Å². The molecule has 1 aromatic heterocycles. The molecule has 2 heterocycles. The van der Waals surface area contributed by atoms with E-state index in [2.05, 4.69) is 23.7 Å². The second-order valence-corrected chi connectivity index (χ2v) is 3.73. The fourth-order valence-electron chi connectivity index (χ4n) is 1.68. The lowest BCUT2D eigenvalue weighted by atomic mass is 10.1. The molecule has 0 radical (unpaired) electrons. The van der Waals surface area contributed by atoms with Crippen LogP contribution in [0.1, 0.15) is 25.3 Å². The first-order valence-corrected chi connectivity index (χ1v) is 4.61. The molecule has 13 heavy (non-hydrogen) atoms. The summed E-state index contributed by atoms with van der Waals surface area (Å²) >= 11 is 0. The highest BCUT2D eigenvalue weighted by molar-refractivity contribution is 5.11. The Balaban J connectivity index is 2.24. The fraction of sp³-hybridized carbons (Fsp3) is 0.667. The SMILES string of the molecule is CC(C)N1CCc2[nH]c(=O)oc2C1. The zero-order chi connectivity index (χ0) is 9.42. The minimum Gasteiger partial charge on any atom is -0.411 e. The van der Waals surface area contributed by atoms with Crippen LogP contribution >= 0.6 is 0 Å². The van der Waals surface area contributed by atoms with Crippen LogP contribution in [0.5, 0.6) is 0 Å². The van der Waals surface area contributed by atoms with Crippen LogP contribution in [-0.4, -0.2) is 22.5 Å². The average Bonchev–Trinajstić information content (AvgIpc) is 2.42. The van der Waals surface area contributed by atoms with Crippen LogP contribution in [0.4, 0.5) is 0 Å². The summed E-state index contributed by atoms with van der Waals surface area (Å²) in [4.78, 5) is 15.9. The second kappa shape index (κ2) is 3.03. The van der Waals surface area contributed by atoms with Crippen LogP contribution in [0.15, 0.2) is 9.21 Å². The zero-order valence-electron chi connectivity index (χ0n) is 7.96. The molecule has 0 atom stereocenters. The molecule has 0 amide bonds. The van der Waals surface area contributed by atoms with Gasteiger partial charge in [-0.15, -0.1) is 0 Å². The van der Waals surface area contributed by atoms with Crippen molar-refractivity contribution in [3.8, 4) is 0 Å². The summed E-state index contributed by atoms with van der Waals surface area (Å²) in [6, 6.07) is 0.508. The van der Waals surface area contributed by atoms with Gasteiger partial charge in [0, 0.05) is 19.0 Å². The van der Waals surface area contributed by atoms with E-state index in [1.54, 1.807) is 0 Å². The Hall–Kier alpha value is -1.03. The van der Waals surface area contributed by atoms with Crippen LogP contribution < -0.4 is 5.76 Å². The zero-order valence-corrected chi connectivity index (χ0v) is 7.96. The number of nitrogens with one attached hydrogen (secondary N) is 1. The van der Waals surface area contributed by atoms with E-state index >= 15 is 0 Å². The number of rotatable bonds is 1. The Morgan fingerprint density at radius 2 is 2.31 bits per heavy atom. The quantitative estimate of drug-likeness (QED) is 0.696. The van der Waals surface area contributed by atoms with Crippen LogP contribution in [0.25, 0.3) is 0 Å². The number of oxazole rings is 1. The number of hydrogen-bond donors (Lipinski definition) is 1. The molecule has 2 rings (SSSR count). The minimum atomic E-state index is -0.324. The van der Waals surface area contributed by atoms with Gasteiger partial charge in [-0.25, -0.2) is 4.79 Å². The van der Waals surface area contributed by atoms with Crippen LogP contribution in [0.2, 0.25) is 0 Å². The van der Waals surface area contributed by atoms with Gasteiger partial charge in [0.15, 0.2) is 0 Å². The average molecular weight is 182 g/mol. The van der Waals surface area contributed by atoms with Gasteiger partial charge in [0.05, 0.1) is 12.2 Å². The van der Waals surface area contributed by atoms with E-state index in [0.717, 1.165) is 31.0 Å². The van der Waals surface area contributed by atoms with Gasteiger partial charge in [-0.3, -0.25) is 9.88 Å². The Labute approximate surface area is 76.6 Å². The molecule has 4 nitrogen and oxygen atoms in total. The molecule has 0 saturated heterocycles. The van der Waals surface area contributed by atoms with Gasteiger partial charge < -0.3 is 4.42 Å². The smallest absolute Gasteiger partial charge is 0.411 e. The normalized spacial score (nSPS) is 17.8. The number of hydrogen-bond acceptors (Lipinski definition) is 3. The van der Waals surface area contributed by atoms with E-state index in [1.807, 2.05) is 0 Å². The maximum absolute atomic E-state index is 10.9. The van der Waals surface area contributed by atoms with Crippen LogP contribution in [0.3, 0.4) is 0 Å². The lowest BCUT2D eigenvalue weighted by Gasteiger charge is -2.28. The van der Waals surface area contributed by atoms with Gasteiger partial charge in [0.1, 0.15) is 5.76 Å². The second-order valence-electron chi connectivity index (χ2n) is 3.73. The number of fused-ring (bicyclic) bond motifs is 1. The van der Waals surface area contributed by atoms with Crippen molar-refractivity contribution in [2.24, 2.45) is 0 Å². The summed E-state index contributed by atoms with van der Waals surface area (Å²) in [6.07, 6.45) is 0.888. The highest BCUT2D eigenvalue weighted by Crippen LogP contribution is 2.16. The fourth-order valence-corrected chi connectivity index (χ4v) is 1.68. The molecule has 0 aliphatic carbocycles. The van der Waals surface area contributed by atoms with Crippen molar-refractivity contribution in [3.05, 3.63) is 22.0 Å². The third kappa shape index (κ3) is 1.54. The molecule has 0 unspecified atom stereocenters. The molecule has 0 saturated carbocycles. The monoisotopic (exact) mass is 182 g/mol. The number of aromatic nitrogens is 1. The molecule has 4 heteroatoms. The molecule has 1 aliphatic rings. The summed E-state index contributed by atoms with van der Waals surface area (Å²) < 4.78 is 5.03. The third-order valence-electron chi connectivity index (χ3n) is 2.53. The summed E-state index contributed by atoms with van der Waals surface area (Å²) in [7, 11) is 0. The molecule has 1 aromatic rings. The first-order valence-electron chi connectivity index (χ1n) is 4.61. The minimum absolute atomic E-state index is 0.324. The predicted octanol–water partition coefficient (Wildman–Crippen LogP) is 0.734. The summed E-state index contributed by atoms with van der Waals surface area (Å²) in [6.45, 7) is 6.05. The molecule has 0 fully saturated rings. The molecule has 72 valence electrons. The van der Waals surface area contributed by atoms with Crippen molar-refractivity contribution in [2.75, 3.05) is 6.54 Å². The number of H-pyrrole nitrogens is 1. The predicted molar refractivity (Wildman–Crippen MR) is 48.6 cm³/mol. The lowest BCUT2D eigenvalue weighted by Crippen LogP contribution is -2.35. The van der Waals surface area contributed by atoms with Gasteiger partial charge in [-0.2, -0.15) is 0 Å². The number of nitrogens with zero attached hydrogens (tertiary/aromatic N) is 1. The van der Waals surface area contributed by atoms with Crippen molar-refractivity contribution in [2.45, 2.75) is 32.9 Å². The highest BCUT2D eigenvalue weighted by Gasteiger charge is 2.21. The Bertz CT molecular complexity index is 351. The van der Waals surface area contributed by atoms with Gasteiger partial charge in [0.2, 0.25) is 0 Å². The van der Waals surface area contributed by atoms with Crippen molar-refractivity contribution in [1.29, 1.82) is 0 Å². The Kier molecular flexibility index (Phi) is 2.00. The van der Waals surface area contributed by atoms with Crippen LogP contribution in [0, 0.1) is 0 Å². The maximum atomic E-state index is 10.9.